The lowest BCUT2D eigenvalue weighted by Crippen LogP contribution is -2.57. The van der Waals surface area contributed by atoms with E-state index in [4.69, 9.17) is 0 Å². The molecular formula is C13H21N3O5S. The molecule has 0 aromatic rings. The van der Waals surface area contributed by atoms with Crippen LogP contribution in [0.4, 0.5) is 0 Å². The van der Waals surface area contributed by atoms with Crippen LogP contribution in [-0.4, -0.2) is 65.7 Å². The van der Waals surface area contributed by atoms with Gasteiger partial charge in [-0.2, -0.15) is 17.0 Å². The molecule has 3 fully saturated rings. The van der Waals surface area contributed by atoms with Gasteiger partial charge in [-0.25, -0.2) is 0 Å². The quantitative estimate of drug-likeness (QED) is 0.717. The van der Waals surface area contributed by atoms with E-state index in [2.05, 4.69) is 5.32 Å². The molecular weight excluding hydrogens is 310 g/mol. The number of piperidine rings is 1. The predicted molar refractivity (Wildman–Crippen MR) is 77.2 cm³/mol. The van der Waals surface area contributed by atoms with Gasteiger partial charge in [0.25, 0.3) is 10.2 Å². The van der Waals surface area contributed by atoms with Gasteiger partial charge in [0.05, 0.1) is 11.5 Å². The second kappa shape index (κ2) is 5.47. The van der Waals surface area contributed by atoms with Gasteiger partial charge in [0, 0.05) is 32.6 Å². The second-order valence-electron chi connectivity index (χ2n) is 6.31. The number of amides is 1. The van der Waals surface area contributed by atoms with Crippen LogP contribution in [0.5, 0.6) is 0 Å². The highest BCUT2D eigenvalue weighted by Gasteiger charge is 2.53. The summed E-state index contributed by atoms with van der Waals surface area (Å²) >= 11 is 0. The van der Waals surface area contributed by atoms with E-state index >= 15 is 0 Å². The average Bonchev–Trinajstić information content (AvgIpc) is 3.08. The van der Waals surface area contributed by atoms with Gasteiger partial charge in [0.1, 0.15) is 0 Å². The number of hydrogen-bond acceptors (Lipinski definition) is 4. The average molecular weight is 331 g/mol. The molecule has 124 valence electrons. The van der Waals surface area contributed by atoms with Crippen molar-refractivity contribution in [3.8, 4) is 0 Å². The summed E-state index contributed by atoms with van der Waals surface area (Å²) in [6.45, 7) is 1.61. The predicted octanol–water partition coefficient (Wildman–Crippen LogP) is -0.618. The van der Waals surface area contributed by atoms with Crippen LogP contribution < -0.4 is 5.32 Å². The normalized spacial score (nSPS) is 29.8. The minimum Gasteiger partial charge on any atom is -0.481 e. The molecule has 0 aromatic carbocycles. The number of nitrogens with zero attached hydrogens (tertiary/aromatic N) is 2. The summed E-state index contributed by atoms with van der Waals surface area (Å²) in [6.07, 6.45) is 2.45. The highest BCUT2D eigenvalue weighted by molar-refractivity contribution is 7.86. The molecule has 0 unspecified atom stereocenters. The lowest BCUT2D eigenvalue weighted by atomic mass is 9.78. The zero-order chi connectivity index (χ0) is 16.0. The van der Waals surface area contributed by atoms with Gasteiger partial charge in [-0.1, -0.05) is 0 Å². The summed E-state index contributed by atoms with van der Waals surface area (Å²) in [5.41, 5.74) is -0.792. The molecule has 3 heterocycles. The standard InChI is InChI=1S/C13H21N3O5S/c17-11-9-10(12(18)19)13(14-11)3-7-16(8-4-13)22(20,21)15-5-1-2-6-15/h10H,1-9H2,(H,14,17)(H,18,19)/t10-/m0/s1. The summed E-state index contributed by atoms with van der Waals surface area (Å²) in [7, 11) is -3.45. The van der Waals surface area contributed by atoms with Crippen molar-refractivity contribution in [1.82, 2.24) is 13.9 Å². The van der Waals surface area contributed by atoms with Gasteiger partial charge in [0.2, 0.25) is 5.91 Å². The number of carboxylic acids is 1. The number of hydrogen-bond donors (Lipinski definition) is 2. The SMILES string of the molecule is O=C1C[C@@H](C(=O)O)C2(CCN(S(=O)(=O)N3CCCC3)CC2)N1. The van der Waals surface area contributed by atoms with Gasteiger partial charge in [-0.05, 0) is 25.7 Å². The van der Waals surface area contributed by atoms with E-state index in [1.54, 1.807) is 0 Å². The summed E-state index contributed by atoms with van der Waals surface area (Å²) in [6, 6.07) is 0. The molecule has 0 aromatic heterocycles. The van der Waals surface area contributed by atoms with Crippen molar-refractivity contribution in [3.05, 3.63) is 0 Å². The molecule has 0 saturated carbocycles. The Bertz CT molecular complexity index is 576. The van der Waals surface area contributed by atoms with Gasteiger partial charge >= 0.3 is 5.97 Å². The maximum absolute atomic E-state index is 12.5. The van der Waals surface area contributed by atoms with Crippen molar-refractivity contribution in [2.75, 3.05) is 26.2 Å². The summed E-state index contributed by atoms with van der Waals surface area (Å²) < 4.78 is 28.0. The van der Waals surface area contributed by atoms with E-state index in [0.717, 1.165) is 12.8 Å². The number of carbonyl (C=O) groups excluding carboxylic acids is 1. The summed E-state index contributed by atoms with van der Waals surface area (Å²) in [5.74, 6) is -2.02. The van der Waals surface area contributed by atoms with E-state index in [1.165, 1.54) is 8.61 Å². The maximum Gasteiger partial charge on any atom is 0.309 e. The van der Waals surface area contributed by atoms with Crippen molar-refractivity contribution >= 4 is 22.1 Å². The van der Waals surface area contributed by atoms with E-state index in [-0.39, 0.29) is 25.4 Å². The van der Waals surface area contributed by atoms with E-state index in [9.17, 15) is 23.1 Å². The third kappa shape index (κ3) is 2.50. The fourth-order valence-corrected chi connectivity index (χ4v) is 5.48. The molecule has 3 aliphatic heterocycles. The zero-order valence-electron chi connectivity index (χ0n) is 12.3. The minimum absolute atomic E-state index is 0.0196. The molecule has 22 heavy (non-hydrogen) atoms. The van der Waals surface area contributed by atoms with Crippen LogP contribution in [0.3, 0.4) is 0 Å². The van der Waals surface area contributed by atoms with E-state index < -0.39 is 27.6 Å². The van der Waals surface area contributed by atoms with Gasteiger partial charge < -0.3 is 10.4 Å². The first kappa shape index (κ1) is 15.7. The minimum atomic E-state index is -3.45. The van der Waals surface area contributed by atoms with Crippen LogP contribution in [0.25, 0.3) is 0 Å². The first-order chi connectivity index (χ1) is 10.3. The van der Waals surface area contributed by atoms with Crippen LogP contribution >= 0.6 is 0 Å². The van der Waals surface area contributed by atoms with Crippen molar-refractivity contribution < 1.29 is 23.1 Å². The molecule has 8 nitrogen and oxygen atoms in total. The highest BCUT2D eigenvalue weighted by Crippen LogP contribution is 2.37. The maximum atomic E-state index is 12.5. The Morgan fingerprint density at radius 1 is 1.14 bits per heavy atom. The molecule has 3 rings (SSSR count). The van der Waals surface area contributed by atoms with Crippen molar-refractivity contribution in [2.24, 2.45) is 5.92 Å². The lowest BCUT2D eigenvalue weighted by molar-refractivity contribution is -0.144. The lowest BCUT2D eigenvalue weighted by Gasteiger charge is -2.41. The number of nitrogens with one attached hydrogen (secondary N) is 1. The second-order valence-corrected chi connectivity index (χ2v) is 8.24. The fraction of sp³-hybridized carbons (Fsp3) is 0.846. The van der Waals surface area contributed by atoms with Crippen molar-refractivity contribution in [2.45, 2.75) is 37.6 Å². The number of carboxylic acid groups (broad SMARTS) is 1. The molecule has 0 radical (unpaired) electrons. The molecule has 3 aliphatic rings. The Hall–Kier alpha value is -1.19. The van der Waals surface area contributed by atoms with Gasteiger partial charge in [-0.15, -0.1) is 0 Å². The Morgan fingerprint density at radius 3 is 2.23 bits per heavy atom. The first-order valence-corrected chi connectivity index (χ1v) is 9.04. The van der Waals surface area contributed by atoms with Gasteiger partial charge in [-0.3, -0.25) is 9.59 Å². The van der Waals surface area contributed by atoms with Crippen LogP contribution in [0.1, 0.15) is 32.1 Å². The summed E-state index contributed by atoms with van der Waals surface area (Å²) in [5, 5.41) is 12.1. The molecule has 3 saturated heterocycles. The van der Waals surface area contributed by atoms with Crippen molar-refractivity contribution in [3.63, 3.8) is 0 Å². The Morgan fingerprint density at radius 2 is 1.68 bits per heavy atom. The smallest absolute Gasteiger partial charge is 0.309 e. The van der Waals surface area contributed by atoms with Crippen LogP contribution in [0.15, 0.2) is 0 Å². The molecule has 2 N–H and O–H groups in total. The zero-order valence-corrected chi connectivity index (χ0v) is 13.1. The molecule has 9 heteroatoms. The molecule has 1 atom stereocenters. The Balaban J connectivity index is 1.72. The third-order valence-electron chi connectivity index (χ3n) is 5.08. The Labute approximate surface area is 129 Å². The molecule has 0 aliphatic carbocycles. The number of rotatable bonds is 3. The third-order valence-corrected chi connectivity index (χ3v) is 7.11. The Kier molecular flexibility index (Phi) is 3.90. The molecule has 0 bridgehead atoms. The van der Waals surface area contributed by atoms with E-state index in [1.807, 2.05) is 0 Å². The van der Waals surface area contributed by atoms with Crippen LogP contribution in [0, 0.1) is 5.92 Å². The molecule has 1 spiro atoms. The van der Waals surface area contributed by atoms with Gasteiger partial charge in [0.15, 0.2) is 0 Å². The van der Waals surface area contributed by atoms with Crippen molar-refractivity contribution in [1.29, 1.82) is 0 Å². The number of aliphatic carboxylic acids is 1. The van der Waals surface area contributed by atoms with E-state index in [0.29, 0.717) is 25.9 Å². The largest absolute Gasteiger partial charge is 0.481 e. The molecule has 1 amide bonds. The monoisotopic (exact) mass is 331 g/mol. The first-order valence-electron chi connectivity index (χ1n) is 7.64. The van der Waals surface area contributed by atoms with Crippen LogP contribution in [0.2, 0.25) is 0 Å². The number of carbonyl (C=O) groups is 2. The van der Waals surface area contributed by atoms with Crippen LogP contribution in [-0.2, 0) is 19.8 Å². The highest BCUT2D eigenvalue weighted by atomic mass is 32.2. The fourth-order valence-electron chi connectivity index (χ4n) is 3.79. The topological polar surface area (TPSA) is 107 Å². The summed E-state index contributed by atoms with van der Waals surface area (Å²) in [4.78, 5) is 23.0.